The van der Waals surface area contributed by atoms with E-state index in [4.69, 9.17) is 4.52 Å². The molecule has 0 saturated carbocycles. The predicted octanol–water partition coefficient (Wildman–Crippen LogP) is 5.21. The van der Waals surface area contributed by atoms with Crippen LogP contribution in [0.4, 0.5) is 4.39 Å². The van der Waals surface area contributed by atoms with Crippen LogP contribution in [0.1, 0.15) is 53.0 Å². The summed E-state index contributed by atoms with van der Waals surface area (Å²) in [4.78, 5) is 27.2. The third-order valence-electron chi connectivity index (χ3n) is 5.54. The monoisotopic (exact) mass is 465 g/mol. The van der Waals surface area contributed by atoms with Crippen molar-refractivity contribution in [3.8, 4) is 11.3 Å². The fraction of sp³-hybridized carbons (Fsp3) is 0.370. The van der Waals surface area contributed by atoms with Gasteiger partial charge in [0.25, 0.3) is 5.91 Å². The SMILES string of the molecule is Cc1cc(C)c(-c2cc(C(=O)N(CCC(=O)NCc3ccc(F)cc3)CC(C)C)no2)c(C)c1. The van der Waals surface area contributed by atoms with Crippen LogP contribution >= 0.6 is 0 Å². The van der Waals surface area contributed by atoms with Gasteiger partial charge in [0.05, 0.1) is 0 Å². The molecule has 3 aromatic rings. The van der Waals surface area contributed by atoms with Gasteiger partial charge in [0.2, 0.25) is 5.91 Å². The van der Waals surface area contributed by atoms with Crippen molar-refractivity contribution in [2.45, 2.75) is 47.6 Å². The average Bonchev–Trinajstić information content (AvgIpc) is 3.24. The van der Waals surface area contributed by atoms with Gasteiger partial charge in [0.1, 0.15) is 5.82 Å². The largest absolute Gasteiger partial charge is 0.355 e. The molecule has 0 saturated heterocycles. The van der Waals surface area contributed by atoms with Crippen molar-refractivity contribution in [3.63, 3.8) is 0 Å². The van der Waals surface area contributed by atoms with E-state index in [1.807, 2.05) is 34.6 Å². The quantitative estimate of drug-likeness (QED) is 0.471. The Bertz CT molecular complexity index is 1130. The molecule has 6 nitrogen and oxygen atoms in total. The summed E-state index contributed by atoms with van der Waals surface area (Å²) >= 11 is 0. The number of nitrogens with zero attached hydrogens (tertiary/aromatic N) is 2. The number of hydrogen-bond donors (Lipinski definition) is 1. The van der Waals surface area contributed by atoms with Crippen LogP contribution in [0.25, 0.3) is 11.3 Å². The first kappa shape index (κ1) is 25.1. The highest BCUT2D eigenvalue weighted by atomic mass is 19.1. The van der Waals surface area contributed by atoms with Gasteiger partial charge in [-0.15, -0.1) is 0 Å². The molecular formula is C27H32FN3O3. The number of halogens is 1. The van der Waals surface area contributed by atoms with E-state index in [1.54, 1.807) is 23.1 Å². The van der Waals surface area contributed by atoms with E-state index in [1.165, 1.54) is 12.1 Å². The standard InChI is InChI=1S/C27H32FN3O3/c1-17(2)16-31(11-10-25(32)29-15-21-6-8-22(28)9-7-21)27(33)23-14-24(34-30-23)26-19(4)12-18(3)13-20(26)5/h6-9,12-14,17H,10-11,15-16H2,1-5H3,(H,29,32). The molecule has 180 valence electrons. The van der Waals surface area contributed by atoms with Crippen LogP contribution in [0, 0.1) is 32.5 Å². The smallest absolute Gasteiger partial charge is 0.276 e. The average molecular weight is 466 g/mol. The molecule has 0 bridgehead atoms. The Kier molecular flexibility index (Phi) is 8.21. The lowest BCUT2D eigenvalue weighted by Gasteiger charge is -2.23. The van der Waals surface area contributed by atoms with Gasteiger partial charge < -0.3 is 14.7 Å². The van der Waals surface area contributed by atoms with Crippen LogP contribution < -0.4 is 5.32 Å². The number of aryl methyl sites for hydroxylation is 3. The highest BCUT2D eigenvalue weighted by molar-refractivity contribution is 5.93. The first-order chi connectivity index (χ1) is 16.1. The van der Waals surface area contributed by atoms with Gasteiger partial charge in [-0.05, 0) is 55.5 Å². The van der Waals surface area contributed by atoms with Crippen LogP contribution in [-0.4, -0.2) is 35.0 Å². The summed E-state index contributed by atoms with van der Waals surface area (Å²) in [5.74, 6) is 0.00998. The molecular weight excluding hydrogens is 433 g/mol. The highest BCUT2D eigenvalue weighted by Gasteiger charge is 2.23. The van der Waals surface area contributed by atoms with Crippen molar-refractivity contribution in [1.29, 1.82) is 0 Å². The Morgan fingerprint density at radius 3 is 2.32 bits per heavy atom. The van der Waals surface area contributed by atoms with Crippen molar-refractivity contribution >= 4 is 11.8 Å². The van der Waals surface area contributed by atoms with Crippen molar-refractivity contribution in [2.75, 3.05) is 13.1 Å². The molecule has 0 aliphatic rings. The number of nitrogens with one attached hydrogen (secondary N) is 1. The van der Waals surface area contributed by atoms with Gasteiger partial charge in [-0.3, -0.25) is 9.59 Å². The Labute approximate surface area is 200 Å². The molecule has 0 fully saturated rings. The van der Waals surface area contributed by atoms with Gasteiger partial charge in [0, 0.05) is 37.7 Å². The van der Waals surface area contributed by atoms with Crippen molar-refractivity contribution in [2.24, 2.45) is 5.92 Å². The van der Waals surface area contributed by atoms with Crippen molar-refractivity contribution < 1.29 is 18.5 Å². The lowest BCUT2D eigenvalue weighted by molar-refractivity contribution is -0.121. The van der Waals surface area contributed by atoms with Crippen molar-refractivity contribution in [3.05, 3.63) is 76.2 Å². The Morgan fingerprint density at radius 1 is 1.06 bits per heavy atom. The second-order valence-corrected chi connectivity index (χ2v) is 9.15. The second-order valence-electron chi connectivity index (χ2n) is 9.15. The number of benzene rings is 2. The minimum Gasteiger partial charge on any atom is -0.355 e. The zero-order valence-electron chi connectivity index (χ0n) is 20.4. The lowest BCUT2D eigenvalue weighted by Crippen LogP contribution is -2.37. The van der Waals surface area contributed by atoms with Crippen LogP contribution in [0.2, 0.25) is 0 Å². The normalized spacial score (nSPS) is 11.0. The third kappa shape index (κ3) is 6.53. The van der Waals surface area contributed by atoms with Gasteiger partial charge in [-0.2, -0.15) is 0 Å². The minimum absolute atomic E-state index is 0.153. The van der Waals surface area contributed by atoms with Crippen LogP contribution in [-0.2, 0) is 11.3 Å². The van der Waals surface area contributed by atoms with E-state index < -0.39 is 0 Å². The number of carbonyl (C=O) groups is 2. The molecule has 1 N–H and O–H groups in total. The van der Waals surface area contributed by atoms with Gasteiger partial charge >= 0.3 is 0 Å². The van der Waals surface area contributed by atoms with Crippen LogP contribution in [0.3, 0.4) is 0 Å². The topological polar surface area (TPSA) is 75.4 Å². The zero-order chi connectivity index (χ0) is 24.8. The van der Waals surface area contributed by atoms with Gasteiger partial charge in [-0.25, -0.2) is 4.39 Å². The van der Waals surface area contributed by atoms with E-state index >= 15 is 0 Å². The summed E-state index contributed by atoms with van der Waals surface area (Å²) in [5, 5.41) is 6.85. The molecule has 0 aliphatic heterocycles. The molecule has 0 atom stereocenters. The molecule has 2 amide bonds. The molecule has 34 heavy (non-hydrogen) atoms. The lowest BCUT2D eigenvalue weighted by atomic mass is 9.98. The molecule has 0 unspecified atom stereocenters. The number of rotatable bonds is 9. The molecule has 0 spiro atoms. The molecule has 2 aromatic carbocycles. The highest BCUT2D eigenvalue weighted by Crippen LogP contribution is 2.29. The van der Waals surface area contributed by atoms with E-state index in [0.29, 0.717) is 18.8 Å². The Morgan fingerprint density at radius 2 is 1.71 bits per heavy atom. The summed E-state index contributed by atoms with van der Waals surface area (Å²) in [6.07, 6.45) is 0.153. The molecule has 1 aromatic heterocycles. The van der Waals surface area contributed by atoms with Crippen LogP contribution in [0.15, 0.2) is 47.0 Å². The van der Waals surface area contributed by atoms with Gasteiger partial charge in [-0.1, -0.05) is 48.8 Å². The van der Waals surface area contributed by atoms with E-state index in [-0.39, 0.29) is 42.2 Å². The second kappa shape index (κ2) is 11.1. The van der Waals surface area contributed by atoms with Gasteiger partial charge in [0.15, 0.2) is 11.5 Å². The fourth-order valence-electron chi connectivity index (χ4n) is 4.07. The summed E-state index contributed by atoms with van der Waals surface area (Å²) in [5.41, 5.74) is 5.25. The van der Waals surface area contributed by atoms with E-state index in [0.717, 1.165) is 27.8 Å². The maximum Gasteiger partial charge on any atom is 0.276 e. The summed E-state index contributed by atoms with van der Waals surface area (Å²) < 4.78 is 18.6. The summed E-state index contributed by atoms with van der Waals surface area (Å²) in [6.45, 7) is 11.2. The van der Waals surface area contributed by atoms with Crippen LogP contribution in [0.5, 0.6) is 0 Å². The molecule has 1 heterocycles. The summed E-state index contributed by atoms with van der Waals surface area (Å²) in [6, 6.07) is 11.8. The van der Waals surface area contributed by atoms with E-state index in [2.05, 4.69) is 22.6 Å². The minimum atomic E-state index is -0.318. The fourth-order valence-corrected chi connectivity index (χ4v) is 4.07. The maximum absolute atomic E-state index is 13.2. The molecule has 0 radical (unpaired) electrons. The van der Waals surface area contributed by atoms with Crippen molar-refractivity contribution in [1.82, 2.24) is 15.4 Å². The number of amides is 2. The molecule has 0 aliphatic carbocycles. The number of carbonyl (C=O) groups excluding carboxylic acids is 2. The number of hydrogen-bond acceptors (Lipinski definition) is 4. The maximum atomic E-state index is 13.2. The first-order valence-corrected chi connectivity index (χ1v) is 11.5. The van der Waals surface area contributed by atoms with E-state index in [9.17, 15) is 14.0 Å². The third-order valence-corrected chi connectivity index (χ3v) is 5.54. The Balaban J connectivity index is 1.66. The number of aromatic nitrogens is 1. The zero-order valence-corrected chi connectivity index (χ0v) is 20.4. The first-order valence-electron chi connectivity index (χ1n) is 11.5. The summed E-state index contributed by atoms with van der Waals surface area (Å²) in [7, 11) is 0. The molecule has 7 heteroatoms. The predicted molar refractivity (Wildman–Crippen MR) is 130 cm³/mol. The molecule has 3 rings (SSSR count). The Hall–Kier alpha value is -3.48.